The fourth-order valence-corrected chi connectivity index (χ4v) is 2.12. The molecular weight excluding hydrogens is 262 g/mol. The van der Waals surface area contributed by atoms with Crippen molar-refractivity contribution in [2.24, 2.45) is 0 Å². The molecule has 0 radical (unpaired) electrons. The van der Waals surface area contributed by atoms with Gasteiger partial charge in [0.25, 0.3) is 5.69 Å². The van der Waals surface area contributed by atoms with Crippen molar-refractivity contribution < 1.29 is 14.8 Å². The van der Waals surface area contributed by atoms with Gasteiger partial charge >= 0.3 is 0 Å². The van der Waals surface area contributed by atoms with Gasteiger partial charge in [-0.3, -0.25) is 15.0 Å². The Kier molecular flexibility index (Phi) is 5.28. The molecule has 1 saturated heterocycles. The topological polar surface area (TPSA) is 87.9 Å². The Balaban J connectivity index is 1.78. The molecule has 1 aliphatic heterocycles. The number of rotatable bonds is 6. The molecule has 0 bridgehead atoms. The Morgan fingerprint density at radius 1 is 1.45 bits per heavy atom. The van der Waals surface area contributed by atoms with Crippen LogP contribution in [0.25, 0.3) is 0 Å². The lowest BCUT2D eigenvalue weighted by Gasteiger charge is -2.28. The Labute approximate surface area is 117 Å². The van der Waals surface area contributed by atoms with E-state index >= 15 is 0 Å². The smallest absolute Gasteiger partial charge is 0.273 e. The van der Waals surface area contributed by atoms with Gasteiger partial charge in [-0.25, -0.2) is 0 Å². The van der Waals surface area contributed by atoms with E-state index in [0.29, 0.717) is 12.3 Å². The van der Waals surface area contributed by atoms with Crippen molar-refractivity contribution in [2.45, 2.75) is 6.10 Å². The number of nitrogens with one attached hydrogen (secondary N) is 1. The number of ether oxygens (including phenoxy) is 1. The summed E-state index contributed by atoms with van der Waals surface area (Å²) in [4.78, 5) is 12.3. The van der Waals surface area contributed by atoms with Crippen LogP contribution in [0.15, 0.2) is 24.3 Å². The van der Waals surface area contributed by atoms with E-state index < -0.39 is 11.0 Å². The first-order valence-electron chi connectivity index (χ1n) is 6.63. The normalized spacial score (nSPS) is 17.6. The second kappa shape index (κ2) is 7.18. The van der Waals surface area contributed by atoms with E-state index in [4.69, 9.17) is 4.74 Å². The Hall–Kier alpha value is -1.70. The van der Waals surface area contributed by atoms with Crippen molar-refractivity contribution in [1.82, 2.24) is 10.2 Å². The van der Waals surface area contributed by atoms with E-state index in [2.05, 4.69) is 10.2 Å². The lowest BCUT2D eigenvalue weighted by molar-refractivity contribution is -0.384. The molecule has 0 aliphatic carbocycles. The number of β-amino-alcohol motifs (C(OH)–C–C–N with tert-alkyl or cyclic N) is 1. The summed E-state index contributed by atoms with van der Waals surface area (Å²) >= 11 is 0. The molecule has 1 heterocycles. The number of nitro benzene ring substituents is 1. The van der Waals surface area contributed by atoms with Crippen LogP contribution in [0.5, 0.6) is 5.75 Å². The molecule has 7 heteroatoms. The number of aliphatic hydroxyl groups is 1. The molecule has 1 aliphatic rings. The number of nitro groups is 1. The molecule has 1 aromatic rings. The Bertz CT molecular complexity index is 449. The van der Waals surface area contributed by atoms with Gasteiger partial charge in [-0.05, 0) is 6.07 Å². The minimum atomic E-state index is -0.604. The first-order chi connectivity index (χ1) is 9.65. The first-order valence-corrected chi connectivity index (χ1v) is 6.63. The van der Waals surface area contributed by atoms with Crippen LogP contribution < -0.4 is 10.1 Å². The molecular formula is C13H19N3O4. The zero-order valence-corrected chi connectivity index (χ0v) is 11.2. The van der Waals surface area contributed by atoms with Gasteiger partial charge in [-0.2, -0.15) is 0 Å². The lowest BCUT2D eigenvalue weighted by atomic mass is 10.3. The van der Waals surface area contributed by atoms with Crippen molar-refractivity contribution in [2.75, 3.05) is 39.3 Å². The molecule has 0 saturated carbocycles. The highest BCUT2D eigenvalue weighted by Gasteiger charge is 2.15. The third-order valence-electron chi connectivity index (χ3n) is 3.15. The number of piperazine rings is 1. The second-order valence-electron chi connectivity index (χ2n) is 4.77. The van der Waals surface area contributed by atoms with Gasteiger partial charge in [-0.15, -0.1) is 0 Å². The summed E-state index contributed by atoms with van der Waals surface area (Å²) in [5.41, 5.74) is -0.0147. The molecule has 110 valence electrons. The third kappa shape index (κ3) is 4.44. The minimum absolute atomic E-state index is 0.0147. The maximum atomic E-state index is 10.6. The summed E-state index contributed by atoms with van der Waals surface area (Å²) in [6.45, 7) is 4.36. The number of nitrogens with zero attached hydrogens (tertiary/aromatic N) is 2. The fraction of sp³-hybridized carbons (Fsp3) is 0.538. The Morgan fingerprint density at radius 3 is 2.90 bits per heavy atom. The number of aliphatic hydroxyl groups excluding tert-OH is 1. The van der Waals surface area contributed by atoms with Gasteiger partial charge in [0, 0.05) is 38.8 Å². The minimum Gasteiger partial charge on any atom is -0.491 e. The predicted molar refractivity (Wildman–Crippen MR) is 73.9 cm³/mol. The zero-order valence-electron chi connectivity index (χ0n) is 11.2. The highest BCUT2D eigenvalue weighted by molar-refractivity contribution is 5.37. The van der Waals surface area contributed by atoms with Crippen LogP contribution in [0.3, 0.4) is 0 Å². The van der Waals surface area contributed by atoms with Crippen LogP contribution in [0, 0.1) is 10.1 Å². The fourth-order valence-electron chi connectivity index (χ4n) is 2.12. The molecule has 2 N–H and O–H groups in total. The maximum absolute atomic E-state index is 10.6. The van der Waals surface area contributed by atoms with Crippen LogP contribution in [0.2, 0.25) is 0 Å². The molecule has 20 heavy (non-hydrogen) atoms. The SMILES string of the molecule is O=[N+]([O-])c1cccc(OCC(O)CN2CCNCC2)c1. The number of benzene rings is 1. The molecule has 1 unspecified atom stereocenters. The van der Waals surface area contributed by atoms with Crippen molar-refractivity contribution in [1.29, 1.82) is 0 Å². The van der Waals surface area contributed by atoms with Crippen LogP contribution >= 0.6 is 0 Å². The molecule has 1 aromatic carbocycles. The van der Waals surface area contributed by atoms with Crippen LogP contribution in [-0.2, 0) is 0 Å². The largest absolute Gasteiger partial charge is 0.491 e. The van der Waals surface area contributed by atoms with E-state index in [0.717, 1.165) is 26.2 Å². The third-order valence-corrected chi connectivity index (χ3v) is 3.15. The molecule has 2 rings (SSSR count). The van der Waals surface area contributed by atoms with Gasteiger partial charge in [0.05, 0.1) is 11.0 Å². The van der Waals surface area contributed by atoms with E-state index in [9.17, 15) is 15.2 Å². The highest BCUT2D eigenvalue weighted by Crippen LogP contribution is 2.19. The summed E-state index contributed by atoms with van der Waals surface area (Å²) in [6, 6.07) is 5.97. The molecule has 0 spiro atoms. The lowest BCUT2D eigenvalue weighted by Crippen LogP contribution is -2.47. The second-order valence-corrected chi connectivity index (χ2v) is 4.77. The molecule has 0 amide bonds. The van der Waals surface area contributed by atoms with E-state index in [1.54, 1.807) is 12.1 Å². The quantitative estimate of drug-likeness (QED) is 0.573. The maximum Gasteiger partial charge on any atom is 0.273 e. The molecule has 0 aromatic heterocycles. The van der Waals surface area contributed by atoms with Crippen molar-refractivity contribution in [3.05, 3.63) is 34.4 Å². The van der Waals surface area contributed by atoms with E-state index in [1.807, 2.05) is 0 Å². The summed E-state index contributed by atoms with van der Waals surface area (Å²) in [5, 5.41) is 23.8. The zero-order chi connectivity index (χ0) is 14.4. The van der Waals surface area contributed by atoms with Crippen LogP contribution in [0.4, 0.5) is 5.69 Å². The van der Waals surface area contributed by atoms with Gasteiger partial charge in [0.1, 0.15) is 18.5 Å². The van der Waals surface area contributed by atoms with Crippen molar-refractivity contribution in [3.63, 3.8) is 0 Å². The summed E-state index contributed by atoms with van der Waals surface area (Å²) in [5.74, 6) is 0.401. The summed E-state index contributed by atoms with van der Waals surface area (Å²) < 4.78 is 5.40. The average molecular weight is 281 g/mol. The summed E-state index contributed by atoms with van der Waals surface area (Å²) in [7, 11) is 0. The average Bonchev–Trinajstić information content (AvgIpc) is 2.46. The number of non-ortho nitro benzene ring substituents is 1. The number of hydrogen-bond acceptors (Lipinski definition) is 6. The van der Waals surface area contributed by atoms with Crippen LogP contribution in [-0.4, -0.2) is 60.4 Å². The first kappa shape index (κ1) is 14.7. The Morgan fingerprint density at radius 2 is 2.20 bits per heavy atom. The van der Waals surface area contributed by atoms with Gasteiger partial charge in [0.2, 0.25) is 0 Å². The molecule has 1 fully saturated rings. The highest BCUT2D eigenvalue weighted by atomic mass is 16.6. The monoisotopic (exact) mass is 281 g/mol. The van der Waals surface area contributed by atoms with E-state index in [-0.39, 0.29) is 12.3 Å². The standard InChI is InChI=1S/C13H19N3O4/c17-12(9-15-6-4-14-5-7-15)10-20-13-3-1-2-11(8-13)16(18)19/h1-3,8,12,14,17H,4-7,9-10H2. The van der Waals surface area contributed by atoms with Gasteiger partial charge in [-0.1, -0.05) is 6.07 Å². The van der Waals surface area contributed by atoms with Crippen LogP contribution in [0.1, 0.15) is 0 Å². The number of hydrogen-bond donors (Lipinski definition) is 2. The molecule has 7 nitrogen and oxygen atoms in total. The van der Waals surface area contributed by atoms with Crippen molar-refractivity contribution >= 4 is 5.69 Å². The van der Waals surface area contributed by atoms with E-state index in [1.165, 1.54) is 12.1 Å². The summed E-state index contributed by atoms with van der Waals surface area (Å²) in [6.07, 6.45) is -0.604. The van der Waals surface area contributed by atoms with Gasteiger partial charge < -0.3 is 15.2 Å². The van der Waals surface area contributed by atoms with Crippen molar-refractivity contribution in [3.8, 4) is 5.75 Å². The van der Waals surface area contributed by atoms with Gasteiger partial charge in [0.15, 0.2) is 0 Å². The predicted octanol–water partition coefficient (Wildman–Crippen LogP) is 0.240. The molecule has 1 atom stereocenters.